The normalized spacial score (nSPS) is 34.1. The zero-order valence-electron chi connectivity index (χ0n) is 10.6. The number of nitrogens with two attached hydrogens (primary N) is 1. The second kappa shape index (κ2) is 5.24. The smallest absolute Gasteiger partial charge is 0.151 e. The van der Waals surface area contributed by atoms with Crippen molar-refractivity contribution in [1.29, 1.82) is 0 Å². The van der Waals surface area contributed by atoms with Crippen LogP contribution in [0.3, 0.4) is 0 Å². The van der Waals surface area contributed by atoms with Crippen molar-refractivity contribution in [3.8, 4) is 0 Å². The van der Waals surface area contributed by atoms with Gasteiger partial charge in [-0.1, -0.05) is 6.92 Å². The molecular weight excluding hydrogens is 236 g/mol. The molecule has 1 saturated heterocycles. The third-order valence-corrected chi connectivity index (χ3v) is 6.06. The van der Waals surface area contributed by atoms with Crippen LogP contribution in [0.4, 0.5) is 0 Å². The van der Waals surface area contributed by atoms with Crippen molar-refractivity contribution in [2.24, 2.45) is 17.6 Å². The lowest BCUT2D eigenvalue weighted by Gasteiger charge is -2.18. The van der Waals surface area contributed by atoms with Gasteiger partial charge >= 0.3 is 0 Å². The van der Waals surface area contributed by atoms with E-state index in [4.69, 9.17) is 5.73 Å². The molecule has 0 amide bonds. The third-order valence-electron chi connectivity index (χ3n) is 4.22. The zero-order valence-corrected chi connectivity index (χ0v) is 11.5. The minimum atomic E-state index is -2.83. The van der Waals surface area contributed by atoms with Gasteiger partial charge in [0.2, 0.25) is 0 Å². The Hall–Kier alpha value is -0.130. The largest absolute Gasteiger partial charge is 0.327 e. The molecule has 0 aromatic rings. The SMILES string of the molecule is CCCS(=O)(=O)CCN1CC2CCC(N)C2C1. The molecule has 0 aromatic heterocycles. The average Bonchev–Trinajstić information content (AvgIpc) is 2.79. The number of nitrogens with zero attached hydrogens (tertiary/aromatic N) is 1. The van der Waals surface area contributed by atoms with E-state index >= 15 is 0 Å². The number of hydrogen-bond acceptors (Lipinski definition) is 4. The minimum Gasteiger partial charge on any atom is -0.327 e. The molecule has 17 heavy (non-hydrogen) atoms. The number of sulfone groups is 1. The first kappa shape index (κ1) is 13.3. The zero-order chi connectivity index (χ0) is 12.5. The van der Waals surface area contributed by atoms with Crippen LogP contribution in [-0.2, 0) is 9.84 Å². The average molecular weight is 260 g/mol. The van der Waals surface area contributed by atoms with Gasteiger partial charge in [-0.05, 0) is 31.1 Å². The fourth-order valence-corrected chi connectivity index (χ4v) is 4.63. The molecule has 1 saturated carbocycles. The monoisotopic (exact) mass is 260 g/mol. The Balaban J connectivity index is 1.79. The van der Waals surface area contributed by atoms with Crippen LogP contribution in [0.15, 0.2) is 0 Å². The van der Waals surface area contributed by atoms with Gasteiger partial charge in [-0.15, -0.1) is 0 Å². The van der Waals surface area contributed by atoms with Gasteiger partial charge in [0.1, 0.15) is 0 Å². The molecule has 1 aliphatic heterocycles. The lowest BCUT2D eigenvalue weighted by Crippen LogP contribution is -2.32. The van der Waals surface area contributed by atoms with Gasteiger partial charge in [0.05, 0.1) is 5.75 Å². The summed E-state index contributed by atoms with van der Waals surface area (Å²) in [5, 5.41) is 0. The highest BCUT2D eigenvalue weighted by atomic mass is 32.2. The van der Waals surface area contributed by atoms with E-state index in [1.54, 1.807) is 0 Å². The van der Waals surface area contributed by atoms with Crippen LogP contribution in [0.5, 0.6) is 0 Å². The summed E-state index contributed by atoms with van der Waals surface area (Å²) >= 11 is 0. The Morgan fingerprint density at radius 3 is 2.65 bits per heavy atom. The van der Waals surface area contributed by atoms with Crippen LogP contribution in [0.25, 0.3) is 0 Å². The van der Waals surface area contributed by atoms with E-state index in [0.717, 1.165) is 31.8 Å². The fourth-order valence-electron chi connectivity index (χ4n) is 3.26. The lowest BCUT2D eigenvalue weighted by atomic mass is 9.98. The van der Waals surface area contributed by atoms with Gasteiger partial charge in [0, 0.05) is 31.4 Å². The molecule has 100 valence electrons. The van der Waals surface area contributed by atoms with Gasteiger partial charge < -0.3 is 10.6 Å². The second-order valence-corrected chi connectivity index (χ2v) is 7.88. The Labute approximate surface area is 104 Å². The van der Waals surface area contributed by atoms with Gasteiger partial charge in [-0.3, -0.25) is 0 Å². The summed E-state index contributed by atoms with van der Waals surface area (Å²) < 4.78 is 23.3. The molecule has 4 nitrogen and oxygen atoms in total. The first-order valence-electron chi connectivity index (χ1n) is 6.70. The topological polar surface area (TPSA) is 63.4 Å². The van der Waals surface area contributed by atoms with E-state index in [-0.39, 0.29) is 0 Å². The molecule has 0 radical (unpaired) electrons. The molecule has 1 heterocycles. The van der Waals surface area contributed by atoms with Crippen molar-refractivity contribution in [3.63, 3.8) is 0 Å². The van der Waals surface area contributed by atoms with E-state index in [9.17, 15) is 8.42 Å². The van der Waals surface area contributed by atoms with Crippen LogP contribution < -0.4 is 5.73 Å². The van der Waals surface area contributed by atoms with Crippen molar-refractivity contribution in [2.45, 2.75) is 32.2 Å². The fraction of sp³-hybridized carbons (Fsp3) is 1.00. The lowest BCUT2D eigenvalue weighted by molar-refractivity contribution is 0.322. The molecule has 2 fully saturated rings. The summed E-state index contributed by atoms with van der Waals surface area (Å²) in [7, 11) is -2.83. The van der Waals surface area contributed by atoms with Crippen LogP contribution in [0, 0.1) is 11.8 Å². The standard InChI is InChI=1S/C12H24N2O2S/c1-2-6-17(15,16)7-5-14-8-10-3-4-12(13)11(10)9-14/h10-12H,2-9,13H2,1H3. The predicted octanol–water partition coefficient (Wildman–Crippen LogP) is 0.480. The van der Waals surface area contributed by atoms with E-state index in [1.165, 1.54) is 6.42 Å². The summed E-state index contributed by atoms with van der Waals surface area (Å²) in [6.45, 7) is 4.67. The molecule has 3 atom stereocenters. The molecule has 0 aromatic carbocycles. The summed E-state index contributed by atoms with van der Waals surface area (Å²) in [5.74, 6) is 1.98. The molecular formula is C12H24N2O2S. The molecule has 0 bridgehead atoms. The predicted molar refractivity (Wildman–Crippen MR) is 69.6 cm³/mol. The Morgan fingerprint density at radius 1 is 1.24 bits per heavy atom. The first-order valence-corrected chi connectivity index (χ1v) is 8.52. The van der Waals surface area contributed by atoms with Crippen LogP contribution in [0.1, 0.15) is 26.2 Å². The molecule has 3 unspecified atom stereocenters. The summed E-state index contributed by atoms with van der Waals surface area (Å²) in [6.07, 6.45) is 3.10. The molecule has 0 spiro atoms. The molecule has 2 rings (SSSR count). The number of likely N-dealkylation sites (tertiary alicyclic amines) is 1. The van der Waals surface area contributed by atoms with Crippen molar-refractivity contribution >= 4 is 9.84 Å². The number of hydrogen-bond donors (Lipinski definition) is 1. The summed E-state index contributed by atoms with van der Waals surface area (Å²) in [4.78, 5) is 2.29. The minimum absolute atomic E-state index is 0.315. The molecule has 1 aliphatic carbocycles. The maximum atomic E-state index is 11.6. The van der Waals surface area contributed by atoms with Crippen molar-refractivity contribution in [1.82, 2.24) is 4.90 Å². The van der Waals surface area contributed by atoms with E-state index < -0.39 is 9.84 Å². The van der Waals surface area contributed by atoms with Crippen LogP contribution >= 0.6 is 0 Å². The highest BCUT2D eigenvalue weighted by Crippen LogP contribution is 2.36. The van der Waals surface area contributed by atoms with Gasteiger partial charge in [0.25, 0.3) is 0 Å². The Kier molecular flexibility index (Phi) is 4.10. The van der Waals surface area contributed by atoms with E-state index in [2.05, 4.69) is 4.90 Å². The third kappa shape index (κ3) is 3.20. The maximum Gasteiger partial charge on any atom is 0.151 e. The van der Waals surface area contributed by atoms with Crippen LogP contribution in [0.2, 0.25) is 0 Å². The number of fused-ring (bicyclic) bond motifs is 1. The second-order valence-electron chi connectivity index (χ2n) is 5.58. The number of rotatable bonds is 5. The first-order chi connectivity index (χ1) is 8.02. The van der Waals surface area contributed by atoms with E-state index in [1.807, 2.05) is 6.92 Å². The van der Waals surface area contributed by atoms with Crippen LogP contribution in [-0.4, -0.2) is 50.5 Å². The van der Waals surface area contributed by atoms with Crippen molar-refractivity contribution in [2.75, 3.05) is 31.1 Å². The quantitative estimate of drug-likeness (QED) is 0.781. The highest BCUT2D eigenvalue weighted by molar-refractivity contribution is 7.91. The van der Waals surface area contributed by atoms with Crippen molar-refractivity contribution < 1.29 is 8.42 Å². The Morgan fingerprint density at radius 2 is 2.00 bits per heavy atom. The summed E-state index contributed by atoms with van der Waals surface area (Å²) in [6, 6.07) is 0.345. The molecule has 5 heteroatoms. The van der Waals surface area contributed by atoms with E-state index in [0.29, 0.717) is 30.0 Å². The van der Waals surface area contributed by atoms with Gasteiger partial charge in [-0.25, -0.2) is 8.42 Å². The molecule has 2 aliphatic rings. The Bertz CT molecular complexity index is 356. The molecule has 2 N–H and O–H groups in total. The maximum absolute atomic E-state index is 11.6. The van der Waals surface area contributed by atoms with Gasteiger partial charge in [-0.2, -0.15) is 0 Å². The highest BCUT2D eigenvalue weighted by Gasteiger charge is 2.40. The summed E-state index contributed by atoms with van der Waals surface area (Å²) in [5.41, 5.74) is 6.07. The van der Waals surface area contributed by atoms with Gasteiger partial charge in [0.15, 0.2) is 9.84 Å². The van der Waals surface area contributed by atoms with Crippen molar-refractivity contribution in [3.05, 3.63) is 0 Å².